The van der Waals surface area contributed by atoms with Crippen molar-refractivity contribution < 1.29 is 9.32 Å². The summed E-state index contributed by atoms with van der Waals surface area (Å²) in [4.78, 5) is 14.1. The van der Waals surface area contributed by atoms with Crippen LogP contribution in [-0.2, 0) is 0 Å². The Bertz CT molecular complexity index is 708. The number of nitrogens with one attached hydrogen (secondary N) is 1. The fourth-order valence-electron chi connectivity index (χ4n) is 2.79. The normalized spacial score (nSPS) is 15.7. The zero-order valence-corrected chi connectivity index (χ0v) is 13.6. The molecule has 23 heavy (non-hydrogen) atoms. The van der Waals surface area contributed by atoms with Gasteiger partial charge in [0.05, 0.1) is 16.4 Å². The Morgan fingerprint density at radius 2 is 2.13 bits per heavy atom. The number of amides is 2. The molecule has 2 amide bonds. The molecule has 1 aliphatic heterocycles. The molecular weight excluding hydrogens is 316 g/mol. The van der Waals surface area contributed by atoms with Gasteiger partial charge >= 0.3 is 6.03 Å². The maximum absolute atomic E-state index is 12.4. The van der Waals surface area contributed by atoms with Crippen LogP contribution in [0.4, 0.5) is 16.4 Å². The third-order valence-corrected chi connectivity index (χ3v) is 4.43. The minimum Gasteiger partial charge on any atom is -0.368 e. The third kappa shape index (κ3) is 3.59. The Labute approximate surface area is 139 Å². The Morgan fingerprint density at radius 1 is 1.39 bits per heavy atom. The minimum absolute atomic E-state index is 0.131. The molecular formula is C16H19ClN4O2. The van der Waals surface area contributed by atoms with Crippen LogP contribution in [0, 0.1) is 6.92 Å². The molecule has 1 aromatic carbocycles. The van der Waals surface area contributed by atoms with Crippen LogP contribution < -0.4 is 11.1 Å². The molecule has 0 bridgehead atoms. The average Bonchev–Trinajstić information content (AvgIpc) is 2.97. The van der Waals surface area contributed by atoms with E-state index in [1.807, 2.05) is 25.1 Å². The third-order valence-electron chi connectivity index (χ3n) is 4.11. The van der Waals surface area contributed by atoms with Crippen molar-refractivity contribution in [3.63, 3.8) is 0 Å². The molecule has 7 heteroatoms. The van der Waals surface area contributed by atoms with E-state index in [9.17, 15) is 4.79 Å². The Morgan fingerprint density at radius 3 is 2.74 bits per heavy atom. The molecule has 3 rings (SSSR count). The Kier molecular flexibility index (Phi) is 4.43. The number of nitrogen functional groups attached to an aromatic ring is 1. The van der Waals surface area contributed by atoms with Crippen molar-refractivity contribution in [2.45, 2.75) is 25.7 Å². The van der Waals surface area contributed by atoms with Gasteiger partial charge in [0.15, 0.2) is 0 Å². The van der Waals surface area contributed by atoms with Gasteiger partial charge < -0.3 is 20.5 Å². The first-order valence-corrected chi connectivity index (χ1v) is 7.95. The highest BCUT2D eigenvalue weighted by Crippen LogP contribution is 2.29. The monoisotopic (exact) mass is 334 g/mol. The lowest BCUT2D eigenvalue weighted by molar-refractivity contribution is 0.193. The summed E-state index contributed by atoms with van der Waals surface area (Å²) in [5.74, 6) is 0.609. The highest BCUT2D eigenvalue weighted by Gasteiger charge is 2.26. The van der Waals surface area contributed by atoms with Crippen molar-refractivity contribution in [1.82, 2.24) is 10.1 Å². The van der Waals surface area contributed by atoms with Crippen LogP contribution in [0.3, 0.4) is 0 Å². The van der Waals surface area contributed by atoms with Gasteiger partial charge in [-0.15, -0.1) is 0 Å². The first kappa shape index (κ1) is 15.7. The topological polar surface area (TPSA) is 84.4 Å². The van der Waals surface area contributed by atoms with Crippen molar-refractivity contribution in [3.05, 3.63) is 40.5 Å². The van der Waals surface area contributed by atoms with E-state index in [1.165, 1.54) is 0 Å². The van der Waals surface area contributed by atoms with Gasteiger partial charge in [-0.05, 0) is 37.5 Å². The fraction of sp³-hybridized carbons (Fsp3) is 0.375. The number of hydrogen-bond acceptors (Lipinski definition) is 4. The highest BCUT2D eigenvalue weighted by atomic mass is 35.5. The molecule has 0 spiro atoms. The SMILES string of the molecule is Cc1ccc(NC(=O)N2CCC(c3cc(N)on3)CC2)c(Cl)c1. The number of carbonyl (C=O) groups is 1. The van der Waals surface area contributed by atoms with Crippen molar-refractivity contribution in [3.8, 4) is 0 Å². The Balaban J connectivity index is 1.58. The molecule has 0 radical (unpaired) electrons. The van der Waals surface area contributed by atoms with Crippen LogP contribution in [-0.4, -0.2) is 29.2 Å². The molecule has 3 N–H and O–H groups in total. The van der Waals surface area contributed by atoms with Crippen LogP contribution in [0.25, 0.3) is 0 Å². The summed E-state index contributed by atoms with van der Waals surface area (Å²) in [7, 11) is 0. The van der Waals surface area contributed by atoms with Gasteiger partial charge in [-0.2, -0.15) is 0 Å². The molecule has 2 aromatic rings. The Hall–Kier alpha value is -2.21. The van der Waals surface area contributed by atoms with Crippen molar-refractivity contribution in [2.24, 2.45) is 0 Å². The van der Waals surface area contributed by atoms with Crippen molar-refractivity contribution in [2.75, 3.05) is 24.1 Å². The van der Waals surface area contributed by atoms with E-state index in [1.54, 1.807) is 11.0 Å². The number of benzene rings is 1. The summed E-state index contributed by atoms with van der Waals surface area (Å²) in [5, 5.41) is 7.37. The number of piperidine rings is 1. The van der Waals surface area contributed by atoms with Gasteiger partial charge in [0.2, 0.25) is 5.88 Å². The van der Waals surface area contributed by atoms with Gasteiger partial charge in [-0.3, -0.25) is 0 Å². The molecule has 122 valence electrons. The van der Waals surface area contributed by atoms with Crippen LogP contribution in [0.1, 0.15) is 30.0 Å². The second-order valence-electron chi connectivity index (χ2n) is 5.83. The standard InChI is InChI=1S/C16H19ClN4O2/c1-10-2-3-13(12(17)8-10)19-16(22)21-6-4-11(5-7-21)14-9-15(18)23-20-14/h2-3,8-9,11H,4-7,18H2,1H3,(H,19,22). The number of anilines is 2. The minimum atomic E-state index is -0.131. The van der Waals surface area contributed by atoms with Gasteiger partial charge in [0, 0.05) is 25.1 Å². The van der Waals surface area contributed by atoms with Crippen LogP contribution >= 0.6 is 11.6 Å². The maximum Gasteiger partial charge on any atom is 0.321 e. The first-order chi connectivity index (χ1) is 11.0. The number of urea groups is 1. The summed E-state index contributed by atoms with van der Waals surface area (Å²) in [6.07, 6.45) is 1.67. The number of aryl methyl sites for hydroxylation is 1. The number of aromatic nitrogens is 1. The second kappa shape index (κ2) is 6.50. The van der Waals surface area contributed by atoms with Gasteiger partial charge in [0.25, 0.3) is 0 Å². The molecule has 1 saturated heterocycles. The average molecular weight is 335 g/mol. The maximum atomic E-state index is 12.4. The number of halogens is 1. The first-order valence-electron chi connectivity index (χ1n) is 7.57. The summed E-state index contributed by atoms with van der Waals surface area (Å²) in [6, 6.07) is 7.20. The number of hydrogen-bond donors (Lipinski definition) is 2. The van der Waals surface area contributed by atoms with E-state index >= 15 is 0 Å². The molecule has 6 nitrogen and oxygen atoms in total. The van der Waals surface area contributed by atoms with Crippen molar-refractivity contribution >= 4 is 29.2 Å². The lowest BCUT2D eigenvalue weighted by atomic mass is 9.94. The fourth-order valence-corrected chi connectivity index (χ4v) is 3.07. The van der Waals surface area contributed by atoms with E-state index in [0.29, 0.717) is 29.7 Å². The van der Waals surface area contributed by atoms with Crippen LogP contribution in [0.2, 0.25) is 5.02 Å². The molecule has 1 aromatic heterocycles. The van der Waals surface area contributed by atoms with Gasteiger partial charge in [0.1, 0.15) is 0 Å². The quantitative estimate of drug-likeness (QED) is 0.878. The molecule has 0 atom stereocenters. The lowest BCUT2D eigenvalue weighted by Crippen LogP contribution is -2.40. The summed E-state index contributed by atoms with van der Waals surface area (Å²) >= 11 is 6.15. The molecule has 0 aliphatic carbocycles. The van der Waals surface area contributed by atoms with Gasteiger partial charge in [-0.25, -0.2) is 4.79 Å². The second-order valence-corrected chi connectivity index (χ2v) is 6.24. The smallest absolute Gasteiger partial charge is 0.321 e. The zero-order chi connectivity index (χ0) is 16.4. The number of likely N-dealkylation sites (tertiary alicyclic amines) is 1. The van der Waals surface area contributed by atoms with E-state index < -0.39 is 0 Å². The summed E-state index contributed by atoms with van der Waals surface area (Å²) in [5.41, 5.74) is 8.11. The molecule has 1 aliphatic rings. The number of carbonyl (C=O) groups excluding carboxylic acids is 1. The van der Waals surface area contributed by atoms with Crippen molar-refractivity contribution in [1.29, 1.82) is 0 Å². The van der Waals surface area contributed by atoms with Gasteiger partial charge in [-0.1, -0.05) is 22.8 Å². The predicted molar refractivity (Wildman–Crippen MR) is 89.7 cm³/mol. The highest BCUT2D eigenvalue weighted by molar-refractivity contribution is 6.33. The summed E-state index contributed by atoms with van der Waals surface area (Å²) in [6.45, 7) is 3.28. The number of nitrogens with zero attached hydrogens (tertiary/aromatic N) is 2. The molecule has 0 unspecified atom stereocenters. The number of rotatable bonds is 2. The van der Waals surface area contributed by atoms with E-state index in [4.69, 9.17) is 21.9 Å². The lowest BCUT2D eigenvalue weighted by Gasteiger charge is -2.31. The predicted octanol–water partition coefficient (Wildman–Crippen LogP) is 3.63. The van der Waals surface area contributed by atoms with E-state index in [0.717, 1.165) is 24.1 Å². The van der Waals surface area contributed by atoms with Crippen LogP contribution in [0.5, 0.6) is 0 Å². The molecule has 2 heterocycles. The number of nitrogens with two attached hydrogens (primary N) is 1. The largest absolute Gasteiger partial charge is 0.368 e. The zero-order valence-electron chi connectivity index (χ0n) is 12.9. The van der Waals surface area contributed by atoms with Crippen LogP contribution in [0.15, 0.2) is 28.8 Å². The molecule has 1 fully saturated rings. The van der Waals surface area contributed by atoms with E-state index in [-0.39, 0.29) is 11.9 Å². The molecule has 0 saturated carbocycles. The summed E-state index contributed by atoms with van der Waals surface area (Å²) < 4.78 is 4.91. The van der Waals surface area contributed by atoms with E-state index in [2.05, 4.69) is 10.5 Å².